The van der Waals surface area contributed by atoms with Gasteiger partial charge in [0.05, 0.1) is 6.20 Å². The number of rotatable bonds is 4. The van der Waals surface area contributed by atoms with Gasteiger partial charge in [0, 0.05) is 44.5 Å². The predicted molar refractivity (Wildman–Crippen MR) is 120 cm³/mol. The summed E-state index contributed by atoms with van der Waals surface area (Å²) >= 11 is 0. The molecule has 0 radical (unpaired) electrons. The number of hydrogen-bond acceptors (Lipinski definition) is 8. The summed E-state index contributed by atoms with van der Waals surface area (Å²) in [5.41, 5.74) is 5.21. The number of amides is 1. The highest BCUT2D eigenvalue weighted by atomic mass is 19.1. The topological polar surface area (TPSA) is 92.7 Å². The van der Waals surface area contributed by atoms with Crippen molar-refractivity contribution in [2.24, 2.45) is 0 Å². The zero-order chi connectivity index (χ0) is 23.6. The van der Waals surface area contributed by atoms with Crippen molar-refractivity contribution >= 4 is 23.1 Å². The third kappa shape index (κ3) is 5.56. The lowest BCUT2D eigenvalue weighted by molar-refractivity contribution is 0.0545. The molecule has 0 aromatic carbocycles. The molecule has 0 unspecified atom stereocenters. The van der Waals surface area contributed by atoms with E-state index >= 15 is 0 Å². The average Bonchev–Trinajstić information content (AvgIpc) is 2.75. The van der Waals surface area contributed by atoms with Crippen LogP contribution < -0.4 is 15.0 Å². The van der Waals surface area contributed by atoms with E-state index in [2.05, 4.69) is 48.6 Å². The van der Waals surface area contributed by atoms with Crippen molar-refractivity contribution in [3.05, 3.63) is 53.3 Å². The number of aromatic nitrogens is 3. The quantitative estimate of drug-likeness (QED) is 0.708. The van der Waals surface area contributed by atoms with Crippen LogP contribution in [0.15, 0.2) is 53.3 Å². The molecule has 2 aliphatic rings. The minimum absolute atomic E-state index is 0.0692. The zero-order valence-electron chi connectivity index (χ0n) is 19.0. The van der Waals surface area contributed by atoms with E-state index in [9.17, 15) is 9.18 Å². The standard InChI is InChI=1S/C23H25FN6O3/c1-23(2,3)33-22(31)27-17-6-5-15(13-16(17)24)32-18-7-8-25-21-20(18)26-14-19(28-21)30-11-9-29(4)10-12-30/h7-8,13-14H,9-12H2,1-4H3,(H,27,31). The van der Waals surface area contributed by atoms with Crippen LogP contribution in [0.25, 0.3) is 11.2 Å². The molecule has 33 heavy (non-hydrogen) atoms. The first-order chi connectivity index (χ1) is 15.7. The predicted octanol–water partition coefficient (Wildman–Crippen LogP) is 3.07. The van der Waals surface area contributed by atoms with Gasteiger partial charge >= 0.3 is 6.09 Å². The van der Waals surface area contributed by atoms with E-state index in [1.807, 2.05) is 0 Å². The second-order valence-corrected chi connectivity index (χ2v) is 8.71. The first-order valence-corrected chi connectivity index (χ1v) is 10.5. The van der Waals surface area contributed by atoms with Crippen molar-refractivity contribution < 1.29 is 18.7 Å². The summed E-state index contributed by atoms with van der Waals surface area (Å²) in [6, 6.07) is 1.62. The Labute approximate surface area is 190 Å². The van der Waals surface area contributed by atoms with Crippen molar-refractivity contribution in [3.8, 4) is 5.75 Å². The molecule has 0 bridgehead atoms. The molecule has 1 saturated heterocycles. The van der Waals surface area contributed by atoms with E-state index < -0.39 is 17.5 Å². The number of likely N-dealkylation sites (N-methyl/N-ethyl adjacent to an activating group) is 1. The summed E-state index contributed by atoms with van der Waals surface area (Å²) in [6.45, 7) is 8.77. The molecule has 1 aliphatic heterocycles. The lowest BCUT2D eigenvalue weighted by atomic mass is 10.2. The van der Waals surface area contributed by atoms with Gasteiger partial charge in [-0.25, -0.2) is 24.1 Å². The van der Waals surface area contributed by atoms with Gasteiger partial charge in [0.15, 0.2) is 28.5 Å². The molecular formula is C23H25FN6O3. The Morgan fingerprint density at radius 2 is 1.94 bits per heavy atom. The van der Waals surface area contributed by atoms with Crippen LogP contribution in [0.4, 0.5) is 15.0 Å². The number of carbonyl (C=O) groups excluding carboxylic acids is 1. The van der Waals surface area contributed by atoms with Gasteiger partial charge < -0.3 is 19.3 Å². The molecule has 172 valence electrons. The highest BCUT2D eigenvalue weighted by Crippen LogP contribution is 2.26. The number of hydrogen-bond donors (Lipinski definition) is 1. The minimum atomic E-state index is -0.786. The van der Waals surface area contributed by atoms with Gasteiger partial charge in [-0.3, -0.25) is 5.32 Å². The molecule has 2 aromatic rings. The van der Waals surface area contributed by atoms with Crippen molar-refractivity contribution in [2.75, 3.05) is 38.1 Å². The maximum absolute atomic E-state index is 14.5. The first-order valence-electron chi connectivity index (χ1n) is 10.5. The molecule has 1 amide bonds. The Bertz CT molecular complexity index is 1210. The molecule has 4 rings (SSSR count). The second kappa shape index (κ2) is 9.03. The number of carbonyl (C=O) groups is 1. The van der Waals surface area contributed by atoms with Crippen LogP contribution in [0.1, 0.15) is 20.8 Å². The Hall–Kier alpha value is -3.71. The van der Waals surface area contributed by atoms with Gasteiger partial charge in [0.1, 0.15) is 17.1 Å². The summed E-state index contributed by atoms with van der Waals surface area (Å²) in [6.07, 6.45) is 3.55. The number of ether oxygens (including phenoxy) is 2. The number of fused-ring (bicyclic) bond motifs is 1. The fourth-order valence-corrected chi connectivity index (χ4v) is 3.24. The van der Waals surface area contributed by atoms with Crippen LogP contribution in [0.3, 0.4) is 0 Å². The maximum Gasteiger partial charge on any atom is 0.412 e. The molecule has 9 nitrogen and oxygen atoms in total. The fourth-order valence-electron chi connectivity index (χ4n) is 3.24. The number of piperazine rings is 1. The lowest BCUT2D eigenvalue weighted by Gasteiger charge is -2.32. The molecule has 0 atom stereocenters. The van der Waals surface area contributed by atoms with Gasteiger partial charge in [-0.1, -0.05) is 0 Å². The van der Waals surface area contributed by atoms with Crippen molar-refractivity contribution in [2.45, 2.75) is 26.4 Å². The molecular weight excluding hydrogens is 427 g/mol. The van der Waals surface area contributed by atoms with E-state index in [4.69, 9.17) is 9.47 Å². The highest BCUT2D eigenvalue weighted by Gasteiger charge is 2.20. The number of nitrogens with zero attached hydrogens (tertiary/aromatic N) is 5. The van der Waals surface area contributed by atoms with Crippen LogP contribution in [-0.2, 0) is 4.74 Å². The molecule has 0 saturated carbocycles. The van der Waals surface area contributed by atoms with Crippen LogP contribution in [0, 0.1) is 0 Å². The molecule has 1 N–H and O–H groups in total. The van der Waals surface area contributed by atoms with Crippen LogP contribution in [-0.4, -0.2) is 64.8 Å². The average molecular weight is 452 g/mol. The Morgan fingerprint density at radius 1 is 1.18 bits per heavy atom. The summed E-state index contributed by atoms with van der Waals surface area (Å²) in [7, 11) is 2.09. The van der Waals surface area contributed by atoms with E-state index in [1.54, 1.807) is 39.2 Å². The number of pyridine rings is 1. The van der Waals surface area contributed by atoms with Crippen LogP contribution in [0.5, 0.6) is 5.75 Å². The zero-order valence-corrected chi connectivity index (χ0v) is 19.0. The van der Waals surface area contributed by atoms with Gasteiger partial charge in [0.2, 0.25) is 0 Å². The lowest BCUT2D eigenvalue weighted by Crippen LogP contribution is -2.44. The van der Waals surface area contributed by atoms with E-state index in [1.165, 1.54) is 0 Å². The second-order valence-electron chi connectivity index (χ2n) is 8.71. The molecule has 1 fully saturated rings. The third-order valence-corrected chi connectivity index (χ3v) is 4.88. The minimum Gasteiger partial charge on any atom is -0.446 e. The maximum atomic E-state index is 14.5. The smallest absolute Gasteiger partial charge is 0.412 e. The summed E-state index contributed by atoms with van der Waals surface area (Å²) < 4.78 is 25.4. The molecule has 2 aromatic heterocycles. The van der Waals surface area contributed by atoms with Crippen molar-refractivity contribution in [3.63, 3.8) is 0 Å². The Kier molecular flexibility index (Phi) is 6.16. The fraction of sp³-hybridized carbons (Fsp3) is 0.391. The van der Waals surface area contributed by atoms with E-state index in [0.717, 1.165) is 38.1 Å². The number of allylic oxidation sites excluding steroid dienone is 2. The highest BCUT2D eigenvalue weighted by molar-refractivity contribution is 5.78. The molecule has 0 spiro atoms. The summed E-state index contributed by atoms with van der Waals surface area (Å²) in [4.78, 5) is 29.7. The van der Waals surface area contributed by atoms with Crippen LogP contribution >= 0.6 is 0 Å². The molecule has 10 heteroatoms. The number of alkyl carbamates (subject to hydrolysis) is 1. The molecule has 3 heterocycles. The van der Waals surface area contributed by atoms with Gasteiger partial charge in [0.25, 0.3) is 0 Å². The SMILES string of the molecule is CN1CCN(c2cnc3c(OC4=C=C=C(NC(=O)OC(C)(C)C)C(F)=C4)ccnc3n2)CC1. The monoisotopic (exact) mass is 452 g/mol. The normalized spacial score (nSPS) is 16.8. The Morgan fingerprint density at radius 3 is 2.64 bits per heavy atom. The summed E-state index contributed by atoms with van der Waals surface area (Å²) in [5, 5.41) is 2.31. The Balaban J connectivity index is 1.54. The van der Waals surface area contributed by atoms with Gasteiger partial charge in [-0.05, 0) is 39.3 Å². The third-order valence-electron chi connectivity index (χ3n) is 4.88. The first kappa shape index (κ1) is 22.5. The summed E-state index contributed by atoms with van der Waals surface area (Å²) in [5.74, 6) is 0.439. The van der Waals surface area contributed by atoms with Gasteiger partial charge in [-0.15, -0.1) is 0 Å². The van der Waals surface area contributed by atoms with Crippen molar-refractivity contribution in [1.82, 2.24) is 25.2 Å². The van der Waals surface area contributed by atoms with Crippen molar-refractivity contribution in [1.29, 1.82) is 0 Å². The largest absolute Gasteiger partial charge is 0.446 e. The van der Waals surface area contributed by atoms with Crippen LogP contribution in [0.2, 0.25) is 0 Å². The molecule has 1 aliphatic carbocycles. The number of halogens is 1. The number of nitrogens with one attached hydrogen (secondary N) is 1. The number of anilines is 1. The van der Waals surface area contributed by atoms with E-state index in [-0.39, 0.29) is 11.5 Å². The van der Waals surface area contributed by atoms with E-state index in [0.29, 0.717) is 16.9 Å². The van der Waals surface area contributed by atoms with Gasteiger partial charge in [-0.2, -0.15) is 0 Å².